The van der Waals surface area contributed by atoms with Crippen LogP contribution < -0.4 is 0 Å². The van der Waals surface area contributed by atoms with Gasteiger partial charge in [-0.2, -0.15) is 5.26 Å². The molecule has 47 valence electrons. The molecule has 2 heteroatoms. The van der Waals surface area contributed by atoms with Gasteiger partial charge in [-0.05, 0) is 12.1 Å². The molecule has 0 heterocycles. The van der Waals surface area contributed by atoms with Crippen LogP contribution in [0.3, 0.4) is 0 Å². The summed E-state index contributed by atoms with van der Waals surface area (Å²) >= 11 is 0. The first-order valence-corrected chi connectivity index (χ1v) is 2.38. The monoisotopic (exact) mass is 206 g/mol. The Bertz CT molecular complexity index is 200. The van der Waals surface area contributed by atoms with Gasteiger partial charge in [-0.15, -0.1) is 0 Å². The second kappa shape index (κ2) is 4.24. The van der Waals surface area contributed by atoms with Crippen molar-refractivity contribution in [3.05, 3.63) is 35.9 Å². The van der Waals surface area contributed by atoms with E-state index >= 15 is 0 Å². The molecule has 0 amide bonds. The Balaban J connectivity index is 0.000000640. The van der Waals surface area contributed by atoms with Gasteiger partial charge in [0.05, 0.1) is 11.6 Å². The van der Waals surface area contributed by atoms with Crippen LogP contribution in [0.1, 0.15) is 5.56 Å². The first kappa shape index (κ1) is 8.33. The van der Waals surface area contributed by atoms with Crippen LogP contribution in [-0.4, -0.2) is 0 Å². The van der Waals surface area contributed by atoms with E-state index in [1.807, 2.05) is 24.3 Å². The van der Waals surface area contributed by atoms with Crippen LogP contribution in [0.4, 0.5) is 0 Å². The van der Waals surface area contributed by atoms with Crippen LogP contribution in [0.25, 0.3) is 0 Å². The number of benzene rings is 1. The Labute approximate surface area is 67.1 Å². The minimum absolute atomic E-state index is 0. The molecular weight excluding hydrogens is 201 g/mol. The van der Waals surface area contributed by atoms with E-state index in [4.69, 9.17) is 5.26 Å². The van der Waals surface area contributed by atoms with E-state index in [0.29, 0.717) is 5.56 Å². The van der Waals surface area contributed by atoms with Crippen LogP contribution in [0, 0.1) is 11.3 Å². The largest absolute Gasteiger partial charge is 0.192 e. The van der Waals surface area contributed by atoms with E-state index in [1.165, 1.54) is 0 Å². The van der Waals surface area contributed by atoms with E-state index in [1.54, 1.807) is 12.1 Å². The van der Waals surface area contributed by atoms with Crippen LogP contribution >= 0.6 is 0 Å². The molecule has 0 saturated carbocycles. The third kappa shape index (κ3) is 2.39. The maximum Gasteiger partial charge on any atom is 0.0991 e. The minimum atomic E-state index is 0. The number of nitrogens with zero attached hydrogens (tertiary/aromatic N) is 1. The smallest absolute Gasteiger partial charge is 0.0991 e. The molecule has 0 aliphatic heterocycles. The standard InChI is InChI=1S/C7H5N.Rh/c8-6-7-4-2-1-3-5-7;/h1-5H;. The summed E-state index contributed by atoms with van der Waals surface area (Å²) < 4.78 is 0. The minimum Gasteiger partial charge on any atom is -0.192 e. The molecule has 1 nitrogen and oxygen atoms in total. The van der Waals surface area contributed by atoms with Gasteiger partial charge in [-0.3, -0.25) is 0 Å². The van der Waals surface area contributed by atoms with Gasteiger partial charge >= 0.3 is 0 Å². The Morgan fingerprint density at radius 3 is 2.00 bits per heavy atom. The van der Waals surface area contributed by atoms with Crippen LogP contribution in [0.15, 0.2) is 30.3 Å². The zero-order valence-electron chi connectivity index (χ0n) is 4.67. The molecule has 0 fully saturated rings. The van der Waals surface area contributed by atoms with E-state index in [0.717, 1.165) is 0 Å². The SMILES string of the molecule is N#Cc1ccccc1.[Rh]. The van der Waals surface area contributed by atoms with Gasteiger partial charge in [0.25, 0.3) is 0 Å². The Morgan fingerprint density at radius 2 is 1.67 bits per heavy atom. The number of hydrogen-bond donors (Lipinski definition) is 0. The normalized spacial score (nSPS) is 7.00. The molecule has 1 aromatic carbocycles. The van der Waals surface area contributed by atoms with E-state index in [2.05, 4.69) is 0 Å². The van der Waals surface area contributed by atoms with Gasteiger partial charge in [0.15, 0.2) is 0 Å². The van der Waals surface area contributed by atoms with Crippen LogP contribution in [-0.2, 0) is 19.5 Å². The number of hydrogen-bond acceptors (Lipinski definition) is 1. The van der Waals surface area contributed by atoms with Gasteiger partial charge in [-0.1, -0.05) is 18.2 Å². The molecule has 0 aromatic heterocycles. The molecule has 9 heavy (non-hydrogen) atoms. The summed E-state index contributed by atoms with van der Waals surface area (Å²) in [5.41, 5.74) is 0.715. The molecule has 0 atom stereocenters. The summed E-state index contributed by atoms with van der Waals surface area (Å²) in [7, 11) is 0. The maximum atomic E-state index is 8.29. The second-order valence-corrected chi connectivity index (χ2v) is 1.48. The predicted molar refractivity (Wildman–Crippen MR) is 31.2 cm³/mol. The van der Waals surface area contributed by atoms with E-state index < -0.39 is 0 Å². The molecule has 0 aliphatic rings. The molecule has 1 aromatic rings. The van der Waals surface area contributed by atoms with Crippen molar-refractivity contribution in [2.45, 2.75) is 0 Å². The summed E-state index contributed by atoms with van der Waals surface area (Å²) in [6.07, 6.45) is 0. The summed E-state index contributed by atoms with van der Waals surface area (Å²) in [4.78, 5) is 0. The third-order valence-electron chi connectivity index (χ3n) is 0.903. The maximum absolute atomic E-state index is 8.29. The number of rotatable bonds is 0. The summed E-state index contributed by atoms with van der Waals surface area (Å²) in [6.45, 7) is 0. The van der Waals surface area contributed by atoms with E-state index in [-0.39, 0.29) is 19.5 Å². The number of nitriles is 1. The quantitative estimate of drug-likeness (QED) is 0.591. The van der Waals surface area contributed by atoms with Crippen molar-refractivity contribution in [1.29, 1.82) is 5.26 Å². The molecule has 0 saturated heterocycles. The molecule has 0 aliphatic carbocycles. The first-order chi connectivity index (χ1) is 3.93. The zero-order valence-corrected chi connectivity index (χ0v) is 6.31. The fraction of sp³-hybridized carbons (Fsp3) is 0. The summed E-state index contributed by atoms with van der Waals surface area (Å²) in [6, 6.07) is 11.2. The van der Waals surface area contributed by atoms with Crippen molar-refractivity contribution >= 4 is 0 Å². The third-order valence-corrected chi connectivity index (χ3v) is 0.903. The van der Waals surface area contributed by atoms with Gasteiger partial charge in [-0.25, -0.2) is 0 Å². The van der Waals surface area contributed by atoms with Crippen molar-refractivity contribution in [1.82, 2.24) is 0 Å². The summed E-state index contributed by atoms with van der Waals surface area (Å²) in [5, 5.41) is 8.29. The molecule has 0 spiro atoms. The van der Waals surface area contributed by atoms with Crippen molar-refractivity contribution in [2.24, 2.45) is 0 Å². The molecule has 0 N–H and O–H groups in total. The molecular formula is C7H5NRh. The average molecular weight is 206 g/mol. The van der Waals surface area contributed by atoms with Crippen molar-refractivity contribution < 1.29 is 19.5 Å². The summed E-state index contributed by atoms with van der Waals surface area (Å²) in [5.74, 6) is 0. The van der Waals surface area contributed by atoms with Crippen LogP contribution in [0.2, 0.25) is 0 Å². The Hall–Kier alpha value is -0.667. The zero-order chi connectivity index (χ0) is 5.82. The molecule has 0 unspecified atom stereocenters. The second-order valence-electron chi connectivity index (χ2n) is 1.48. The van der Waals surface area contributed by atoms with Gasteiger partial charge in [0.1, 0.15) is 0 Å². The van der Waals surface area contributed by atoms with Crippen molar-refractivity contribution in [3.8, 4) is 6.07 Å². The van der Waals surface area contributed by atoms with Crippen molar-refractivity contribution in [2.75, 3.05) is 0 Å². The van der Waals surface area contributed by atoms with Gasteiger partial charge in [0.2, 0.25) is 0 Å². The molecule has 1 rings (SSSR count). The topological polar surface area (TPSA) is 23.8 Å². The Morgan fingerprint density at radius 1 is 1.11 bits per heavy atom. The fourth-order valence-corrected chi connectivity index (χ4v) is 0.513. The average Bonchev–Trinajstić information content (AvgIpc) is 1.90. The van der Waals surface area contributed by atoms with Gasteiger partial charge < -0.3 is 0 Å². The molecule has 1 radical (unpaired) electrons. The van der Waals surface area contributed by atoms with Crippen molar-refractivity contribution in [3.63, 3.8) is 0 Å². The fourth-order valence-electron chi connectivity index (χ4n) is 0.513. The predicted octanol–water partition coefficient (Wildman–Crippen LogP) is 1.56. The Kier molecular flexibility index (Phi) is 3.92. The van der Waals surface area contributed by atoms with Crippen LogP contribution in [0.5, 0.6) is 0 Å². The molecule has 0 bridgehead atoms. The van der Waals surface area contributed by atoms with Gasteiger partial charge in [0, 0.05) is 19.5 Å². The first-order valence-electron chi connectivity index (χ1n) is 2.38. The van der Waals surface area contributed by atoms with E-state index in [9.17, 15) is 0 Å².